The minimum atomic E-state index is -1.01. The molecule has 0 radical (unpaired) electrons. The third-order valence-corrected chi connectivity index (χ3v) is 5.54. The molecule has 0 rings (SSSR count). The molecule has 0 saturated carbocycles. The Hall–Kier alpha value is -1.85. The summed E-state index contributed by atoms with van der Waals surface area (Å²) in [6.07, 6.45) is 19.5. The first-order valence-corrected chi connectivity index (χ1v) is 12.4. The van der Waals surface area contributed by atoms with Gasteiger partial charge in [0, 0.05) is 13.0 Å². The first kappa shape index (κ1) is 29.1. The average Bonchev–Trinajstić information content (AvgIpc) is 2.75. The molecule has 31 heavy (non-hydrogen) atoms. The first-order chi connectivity index (χ1) is 15.0. The molecule has 0 aromatic rings. The van der Waals surface area contributed by atoms with Crippen molar-refractivity contribution in [1.82, 2.24) is 10.6 Å². The number of nitrogens with one attached hydrogen (secondary N) is 2. The van der Waals surface area contributed by atoms with Gasteiger partial charge in [0.15, 0.2) is 0 Å². The van der Waals surface area contributed by atoms with Crippen LogP contribution in [0.1, 0.15) is 116 Å². The lowest BCUT2D eigenvalue weighted by Gasteiger charge is -2.14. The molecular formula is C25H46N2O4. The maximum absolute atomic E-state index is 12.0. The largest absolute Gasteiger partial charge is 0.480 e. The summed E-state index contributed by atoms with van der Waals surface area (Å²) in [5, 5.41) is 14.6. The van der Waals surface area contributed by atoms with Crippen molar-refractivity contribution in [2.75, 3.05) is 6.54 Å². The van der Waals surface area contributed by atoms with Crippen molar-refractivity contribution in [1.29, 1.82) is 0 Å². The van der Waals surface area contributed by atoms with Gasteiger partial charge in [-0.3, -0.25) is 9.59 Å². The van der Waals surface area contributed by atoms with E-state index in [0.29, 0.717) is 32.2 Å². The van der Waals surface area contributed by atoms with E-state index in [-0.39, 0.29) is 11.8 Å². The lowest BCUT2D eigenvalue weighted by molar-refractivity contribution is -0.142. The fourth-order valence-corrected chi connectivity index (χ4v) is 3.58. The molecule has 0 saturated heterocycles. The van der Waals surface area contributed by atoms with Gasteiger partial charge in [0.05, 0.1) is 0 Å². The van der Waals surface area contributed by atoms with Crippen molar-refractivity contribution < 1.29 is 19.5 Å². The van der Waals surface area contributed by atoms with E-state index in [0.717, 1.165) is 19.3 Å². The van der Waals surface area contributed by atoms with Gasteiger partial charge in [0.25, 0.3) is 0 Å². The van der Waals surface area contributed by atoms with E-state index >= 15 is 0 Å². The Morgan fingerprint density at radius 3 is 1.81 bits per heavy atom. The van der Waals surface area contributed by atoms with Gasteiger partial charge in [0.2, 0.25) is 11.8 Å². The normalized spacial score (nSPS) is 11.6. The van der Waals surface area contributed by atoms with Crippen molar-refractivity contribution in [3.63, 3.8) is 0 Å². The number of hydrogen-bond donors (Lipinski definition) is 3. The second kappa shape index (κ2) is 21.4. The van der Waals surface area contributed by atoms with Crippen molar-refractivity contribution in [3.8, 4) is 0 Å². The Bertz CT molecular complexity index is 494. The second-order valence-electron chi connectivity index (χ2n) is 8.44. The van der Waals surface area contributed by atoms with Crippen molar-refractivity contribution >= 4 is 17.8 Å². The molecule has 0 aromatic carbocycles. The van der Waals surface area contributed by atoms with Crippen LogP contribution in [0.4, 0.5) is 0 Å². The third kappa shape index (κ3) is 19.8. The fourth-order valence-electron chi connectivity index (χ4n) is 3.58. The van der Waals surface area contributed by atoms with E-state index < -0.39 is 12.0 Å². The number of aliphatic carboxylic acids is 1. The third-order valence-electron chi connectivity index (χ3n) is 5.54. The van der Waals surface area contributed by atoms with E-state index in [1.165, 1.54) is 70.3 Å². The van der Waals surface area contributed by atoms with Crippen LogP contribution in [-0.2, 0) is 14.4 Å². The lowest BCUT2D eigenvalue weighted by Crippen LogP contribution is -2.40. The molecule has 0 heterocycles. The molecule has 0 aliphatic rings. The number of carboxylic acid groups (broad SMARTS) is 1. The molecule has 0 fully saturated rings. The van der Waals surface area contributed by atoms with Gasteiger partial charge in [-0.2, -0.15) is 0 Å². The maximum Gasteiger partial charge on any atom is 0.326 e. The summed E-state index contributed by atoms with van der Waals surface area (Å²) in [6, 6.07) is -0.857. The Labute approximate surface area is 189 Å². The SMILES string of the molecule is C=CC(=O)NCCCCC(NC(=O)CCCCCCCCCCCCCCC)C(=O)O. The van der Waals surface area contributed by atoms with Gasteiger partial charge in [-0.1, -0.05) is 90.6 Å². The summed E-state index contributed by atoms with van der Waals surface area (Å²) in [4.78, 5) is 34.4. The maximum atomic E-state index is 12.0. The molecule has 180 valence electrons. The van der Waals surface area contributed by atoms with Crippen LogP contribution < -0.4 is 10.6 Å². The van der Waals surface area contributed by atoms with Crippen molar-refractivity contribution in [2.45, 2.75) is 122 Å². The van der Waals surface area contributed by atoms with E-state index in [1.54, 1.807) is 0 Å². The highest BCUT2D eigenvalue weighted by Gasteiger charge is 2.19. The highest BCUT2D eigenvalue weighted by Crippen LogP contribution is 2.13. The Morgan fingerprint density at radius 2 is 1.32 bits per heavy atom. The molecule has 6 nitrogen and oxygen atoms in total. The van der Waals surface area contributed by atoms with Crippen LogP contribution in [0.15, 0.2) is 12.7 Å². The highest BCUT2D eigenvalue weighted by molar-refractivity contribution is 5.86. The Balaban J connectivity index is 3.62. The lowest BCUT2D eigenvalue weighted by atomic mass is 10.0. The van der Waals surface area contributed by atoms with Crippen LogP contribution >= 0.6 is 0 Å². The predicted octanol–water partition coefficient (Wildman–Crippen LogP) is 5.51. The molecular weight excluding hydrogens is 392 g/mol. The number of amides is 2. The number of carbonyl (C=O) groups excluding carboxylic acids is 2. The number of rotatable bonds is 22. The molecule has 0 aromatic heterocycles. The standard InChI is InChI=1S/C25H46N2O4/c1-3-5-6-7-8-9-10-11-12-13-14-15-16-20-24(29)27-22(25(30)31)19-17-18-21-26-23(28)4-2/h4,22H,2-3,5-21H2,1H3,(H,26,28)(H,27,29)(H,30,31). The molecule has 3 N–H and O–H groups in total. The smallest absolute Gasteiger partial charge is 0.326 e. The van der Waals surface area contributed by atoms with Crippen molar-refractivity contribution in [3.05, 3.63) is 12.7 Å². The summed E-state index contributed by atoms with van der Waals surface area (Å²) in [6.45, 7) is 6.10. The second-order valence-corrected chi connectivity index (χ2v) is 8.44. The number of hydrogen-bond acceptors (Lipinski definition) is 3. The zero-order valence-corrected chi connectivity index (χ0v) is 19.8. The van der Waals surface area contributed by atoms with Crippen molar-refractivity contribution in [2.24, 2.45) is 0 Å². The molecule has 1 atom stereocenters. The van der Waals surface area contributed by atoms with Crippen LogP contribution in [0.25, 0.3) is 0 Å². The van der Waals surface area contributed by atoms with Gasteiger partial charge >= 0.3 is 5.97 Å². The van der Waals surface area contributed by atoms with Gasteiger partial charge in [-0.05, 0) is 31.8 Å². The monoisotopic (exact) mass is 438 g/mol. The summed E-state index contributed by atoms with van der Waals surface area (Å²) < 4.78 is 0. The molecule has 0 bridgehead atoms. The average molecular weight is 439 g/mol. The van der Waals surface area contributed by atoms with Gasteiger partial charge in [-0.15, -0.1) is 0 Å². The quantitative estimate of drug-likeness (QED) is 0.153. The Kier molecular flexibility index (Phi) is 20.1. The van der Waals surface area contributed by atoms with Crippen LogP contribution in [-0.4, -0.2) is 35.5 Å². The summed E-state index contributed by atoms with van der Waals surface area (Å²) >= 11 is 0. The van der Waals surface area contributed by atoms with E-state index in [2.05, 4.69) is 24.1 Å². The summed E-state index contributed by atoms with van der Waals surface area (Å²) in [7, 11) is 0. The zero-order valence-electron chi connectivity index (χ0n) is 19.8. The summed E-state index contributed by atoms with van der Waals surface area (Å²) in [5.41, 5.74) is 0. The highest BCUT2D eigenvalue weighted by atomic mass is 16.4. The van der Waals surface area contributed by atoms with E-state index in [4.69, 9.17) is 0 Å². The number of unbranched alkanes of at least 4 members (excludes halogenated alkanes) is 13. The predicted molar refractivity (Wildman–Crippen MR) is 127 cm³/mol. The van der Waals surface area contributed by atoms with Crippen LogP contribution in [0.2, 0.25) is 0 Å². The van der Waals surface area contributed by atoms with Gasteiger partial charge < -0.3 is 15.7 Å². The molecule has 1 unspecified atom stereocenters. The number of carboxylic acids is 1. The molecule has 2 amide bonds. The molecule has 0 spiro atoms. The number of carbonyl (C=O) groups is 3. The minimum Gasteiger partial charge on any atom is -0.480 e. The van der Waals surface area contributed by atoms with Gasteiger partial charge in [-0.25, -0.2) is 4.79 Å². The van der Waals surface area contributed by atoms with Crippen LogP contribution in [0.3, 0.4) is 0 Å². The van der Waals surface area contributed by atoms with E-state index in [1.807, 2.05) is 0 Å². The minimum absolute atomic E-state index is 0.185. The van der Waals surface area contributed by atoms with Crippen LogP contribution in [0, 0.1) is 0 Å². The Morgan fingerprint density at radius 1 is 0.806 bits per heavy atom. The molecule has 0 aliphatic carbocycles. The molecule has 0 aliphatic heterocycles. The first-order valence-electron chi connectivity index (χ1n) is 12.4. The topological polar surface area (TPSA) is 95.5 Å². The summed E-state index contributed by atoms with van der Waals surface area (Å²) in [5.74, 6) is -1.43. The van der Waals surface area contributed by atoms with Gasteiger partial charge in [0.1, 0.15) is 6.04 Å². The van der Waals surface area contributed by atoms with Crippen LogP contribution in [0.5, 0.6) is 0 Å². The fraction of sp³-hybridized carbons (Fsp3) is 0.800. The zero-order chi connectivity index (χ0) is 23.2. The van der Waals surface area contributed by atoms with E-state index in [9.17, 15) is 19.5 Å². The molecule has 6 heteroatoms.